The average molecular weight is 379 g/mol. The first-order chi connectivity index (χ1) is 8.06. The largest absolute Gasteiger partial charge is 0.319 e. The molecular formula is C11H6Br2FNOS. The van der Waals surface area contributed by atoms with E-state index in [2.05, 4.69) is 37.2 Å². The molecule has 0 atom stereocenters. The fourth-order valence-electron chi connectivity index (χ4n) is 1.22. The van der Waals surface area contributed by atoms with Crippen molar-refractivity contribution in [2.24, 2.45) is 0 Å². The van der Waals surface area contributed by atoms with Crippen LogP contribution in [0, 0.1) is 5.82 Å². The van der Waals surface area contributed by atoms with Gasteiger partial charge in [0.05, 0.1) is 15.0 Å². The Labute approximate surface area is 118 Å². The Morgan fingerprint density at radius 1 is 1.29 bits per heavy atom. The highest BCUT2D eigenvalue weighted by Crippen LogP contribution is 2.23. The molecule has 0 aliphatic rings. The van der Waals surface area contributed by atoms with Crippen LogP contribution in [0.1, 0.15) is 10.4 Å². The first-order valence-electron chi connectivity index (χ1n) is 4.56. The molecule has 0 unspecified atom stereocenters. The topological polar surface area (TPSA) is 29.1 Å². The van der Waals surface area contributed by atoms with Crippen molar-refractivity contribution >= 4 is 54.8 Å². The minimum atomic E-state index is -0.462. The quantitative estimate of drug-likeness (QED) is 0.808. The molecule has 0 aliphatic carbocycles. The number of rotatable bonds is 2. The van der Waals surface area contributed by atoms with E-state index >= 15 is 0 Å². The highest BCUT2D eigenvalue weighted by molar-refractivity contribution is 9.11. The summed E-state index contributed by atoms with van der Waals surface area (Å²) in [4.78, 5) is 11.8. The normalized spacial score (nSPS) is 10.3. The standard InChI is InChI=1S/C11H6Br2FNOS/c12-7-1-2-8(14)9(4-7)15-11(16)6-3-10(13)17-5-6/h1-5H,(H,15,16). The second kappa shape index (κ2) is 5.29. The summed E-state index contributed by atoms with van der Waals surface area (Å²) in [6.45, 7) is 0. The van der Waals surface area contributed by atoms with Crippen LogP contribution in [0.5, 0.6) is 0 Å². The predicted molar refractivity (Wildman–Crippen MR) is 74.1 cm³/mol. The molecule has 0 spiro atoms. The molecule has 1 N–H and O–H groups in total. The number of hydrogen-bond acceptors (Lipinski definition) is 2. The van der Waals surface area contributed by atoms with E-state index in [1.165, 1.54) is 23.5 Å². The molecule has 88 valence electrons. The summed E-state index contributed by atoms with van der Waals surface area (Å²) in [6, 6.07) is 6.08. The minimum absolute atomic E-state index is 0.159. The second-order valence-corrected chi connectivity index (χ2v) is 6.42. The number of amides is 1. The summed E-state index contributed by atoms with van der Waals surface area (Å²) >= 11 is 7.90. The van der Waals surface area contributed by atoms with Crippen LogP contribution in [-0.4, -0.2) is 5.91 Å². The predicted octanol–water partition coefficient (Wildman–Crippen LogP) is 4.66. The van der Waals surface area contributed by atoms with Gasteiger partial charge in [0.2, 0.25) is 0 Å². The van der Waals surface area contributed by atoms with Crippen LogP contribution in [0.4, 0.5) is 10.1 Å². The van der Waals surface area contributed by atoms with Gasteiger partial charge in [-0.25, -0.2) is 4.39 Å². The van der Waals surface area contributed by atoms with E-state index < -0.39 is 5.82 Å². The first-order valence-corrected chi connectivity index (χ1v) is 7.03. The van der Waals surface area contributed by atoms with Crippen molar-refractivity contribution in [2.45, 2.75) is 0 Å². The van der Waals surface area contributed by atoms with Crippen LogP contribution >= 0.6 is 43.2 Å². The summed E-state index contributed by atoms with van der Waals surface area (Å²) in [7, 11) is 0. The zero-order valence-electron chi connectivity index (χ0n) is 8.34. The summed E-state index contributed by atoms with van der Waals surface area (Å²) in [5.74, 6) is -0.792. The summed E-state index contributed by atoms with van der Waals surface area (Å²) in [5, 5.41) is 4.23. The maximum absolute atomic E-state index is 13.4. The molecule has 1 heterocycles. The van der Waals surface area contributed by atoms with Crippen molar-refractivity contribution in [3.63, 3.8) is 0 Å². The maximum atomic E-state index is 13.4. The molecule has 2 rings (SSSR count). The Bertz CT molecular complexity index is 570. The molecule has 0 fully saturated rings. The third kappa shape index (κ3) is 3.14. The lowest BCUT2D eigenvalue weighted by atomic mass is 10.2. The van der Waals surface area contributed by atoms with Crippen LogP contribution in [0.25, 0.3) is 0 Å². The van der Waals surface area contributed by atoms with E-state index in [1.807, 2.05) is 0 Å². The Morgan fingerprint density at radius 3 is 2.71 bits per heavy atom. The van der Waals surface area contributed by atoms with E-state index in [4.69, 9.17) is 0 Å². The van der Waals surface area contributed by atoms with Gasteiger partial charge in [-0.15, -0.1) is 11.3 Å². The summed E-state index contributed by atoms with van der Waals surface area (Å²) in [5.41, 5.74) is 0.660. The van der Waals surface area contributed by atoms with Gasteiger partial charge in [0, 0.05) is 9.85 Å². The van der Waals surface area contributed by atoms with Gasteiger partial charge in [-0.3, -0.25) is 4.79 Å². The average Bonchev–Trinajstić information content (AvgIpc) is 2.70. The first kappa shape index (κ1) is 12.7. The molecule has 2 nitrogen and oxygen atoms in total. The number of halogens is 3. The second-order valence-electron chi connectivity index (χ2n) is 3.22. The molecule has 0 bridgehead atoms. The lowest BCUT2D eigenvalue weighted by Gasteiger charge is -2.05. The Hall–Kier alpha value is -0.720. The van der Waals surface area contributed by atoms with E-state index in [9.17, 15) is 9.18 Å². The molecule has 0 saturated carbocycles. The molecule has 2 aromatic rings. The maximum Gasteiger partial charge on any atom is 0.256 e. The van der Waals surface area contributed by atoms with E-state index in [1.54, 1.807) is 17.5 Å². The van der Waals surface area contributed by atoms with Crippen molar-refractivity contribution in [3.05, 3.63) is 49.3 Å². The van der Waals surface area contributed by atoms with Crippen molar-refractivity contribution in [1.29, 1.82) is 0 Å². The van der Waals surface area contributed by atoms with Crippen LogP contribution in [-0.2, 0) is 0 Å². The van der Waals surface area contributed by atoms with Gasteiger partial charge in [-0.05, 0) is 40.2 Å². The Morgan fingerprint density at radius 2 is 2.06 bits per heavy atom. The number of nitrogens with one attached hydrogen (secondary N) is 1. The van der Waals surface area contributed by atoms with Crippen LogP contribution in [0.15, 0.2) is 37.9 Å². The molecule has 1 aromatic heterocycles. The van der Waals surface area contributed by atoms with Crippen molar-refractivity contribution in [3.8, 4) is 0 Å². The molecule has 0 aliphatic heterocycles. The fourth-order valence-corrected chi connectivity index (χ4v) is 2.71. The number of anilines is 1. The number of carbonyl (C=O) groups excluding carboxylic acids is 1. The summed E-state index contributed by atoms with van der Waals surface area (Å²) in [6.07, 6.45) is 0. The van der Waals surface area contributed by atoms with Crippen LogP contribution in [0.3, 0.4) is 0 Å². The van der Waals surface area contributed by atoms with E-state index in [0.717, 1.165) is 3.79 Å². The fraction of sp³-hybridized carbons (Fsp3) is 0. The Kier molecular flexibility index (Phi) is 3.96. The number of carbonyl (C=O) groups is 1. The van der Waals surface area contributed by atoms with Gasteiger partial charge >= 0.3 is 0 Å². The zero-order valence-corrected chi connectivity index (χ0v) is 12.3. The molecule has 0 radical (unpaired) electrons. The molecule has 6 heteroatoms. The van der Waals surface area contributed by atoms with Gasteiger partial charge < -0.3 is 5.32 Å². The smallest absolute Gasteiger partial charge is 0.256 e. The third-order valence-electron chi connectivity index (χ3n) is 2.01. The molecule has 1 amide bonds. The van der Waals surface area contributed by atoms with Crippen molar-refractivity contribution in [2.75, 3.05) is 5.32 Å². The third-order valence-corrected chi connectivity index (χ3v) is 4.00. The van der Waals surface area contributed by atoms with Gasteiger partial charge in [0.1, 0.15) is 5.82 Å². The monoisotopic (exact) mass is 377 g/mol. The minimum Gasteiger partial charge on any atom is -0.319 e. The van der Waals surface area contributed by atoms with Gasteiger partial charge in [0.15, 0.2) is 0 Å². The highest BCUT2D eigenvalue weighted by atomic mass is 79.9. The van der Waals surface area contributed by atoms with Crippen molar-refractivity contribution < 1.29 is 9.18 Å². The lowest BCUT2D eigenvalue weighted by Crippen LogP contribution is -2.11. The van der Waals surface area contributed by atoms with E-state index in [0.29, 0.717) is 10.0 Å². The van der Waals surface area contributed by atoms with Crippen LogP contribution < -0.4 is 5.32 Å². The Balaban J connectivity index is 2.21. The number of thiophene rings is 1. The van der Waals surface area contributed by atoms with Crippen LogP contribution in [0.2, 0.25) is 0 Å². The molecule has 1 aromatic carbocycles. The zero-order chi connectivity index (χ0) is 12.4. The SMILES string of the molecule is O=C(Nc1cc(Br)ccc1F)c1csc(Br)c1. The molecule has 0 saturated heterocycles. The summed E-state index contributed by atoms with van der Waals surface area (Å²) < 4.78 is 15.0. The molecular weight excluding hydrogens is 373 g/mol. The lowest BCUT2D eigenvalue weighted by molar-refractivity contribution is 0.102. The van der Waals surface area contributed by atoms with Crippen molar-refractivity contribution in [1.82, 2.24) is 0 Å². The number of hydrogen-bond donors (Lipinski definition) is 1. The number of benzene rings is 1. The van der Waals surface area contributed by atoms with Gasteiger partial charge in [-0.2, -0.15) is 0 Å². The van der Waals surface area contributed by atoms with Gasteiger partial charge in [0.25, 0.3) is 5.91 Å². The highest BCUT2D eigenvalue weighted by Gasteiger charge is 2.11. The van der Waals surface area contributed by atoms with Gasteiger partial charge in [-0.1, -0.05) is 15.9 Å². The van der Waals surface area contributed by atoms with E-state index in [-0.39, 0.29) is 11.6 Å². The molecule has 17 heavy (non-hydrogen) atoms.